The van der Waals surface area contributed by atoms with Crippen LogP contribution in [0.3, 0.4) is 0 Å². The van der Waals surface area contributed by atoms with Gasteiger partial charge in [-0.05, 0) is 36.1 Å². The zero-order valence-corrected chi connectivity index (χ0v) is 9.98. The molecule has 1 aromatic carbocycles. The molecule has 2 heteroatoms. The highest BCUT2D eigenvalue weighted by molar-refractivity contribution is 5.38. The smallest absolute Gasteiger partial charge is 0.0594 e. The molecule has 1 aliphatic heterocycles. The topological polar surface area (TPSA) is 24.9 Å². The fraction of sp³-hybridized carbons (Fsp3) is 0.267. The molecule has 1 aromatic heterocycles. The minimum Gasteiger partial charge on any atom is -0.306 e. The lowest BCUT2D eigenvalue weighted by Crippen LogP contribution is -2.30. The maximum Gasteiger partial charge on any atom is 0.0594 e. The van der Waals surface area contributed by atoms with Crippen LogP contribution in [0.15, 0.2) is 42.6 Å². The van der Waals surface area contributed by atoms with Crippen LogP contribution in [0.25, 0.3) is 0 Å². The lowest BCUT2D eigenvalue weighted by molar-refractivity contribution is 0.566. The van der Waals surface area contributed by atoms with Crippen LogP contribution in [0, 0.1) is 6.92 Å². The highest BCUT2D eigenvalue weighted by Crippen LogP contribution is 2.27. The summed E-state index contributed by atoms with van der Waals surface area (Å²) in [7, 11) is 0. The maximum absolute atomic E-state index is 4.39. The van der Waals surface area contributed by atoms with E-state index in [1.54, 1.807) is 0 Å². The highest BCUT2D eigenvalue weighted by Gasteiger charge is 2.20. The van der Waals surface area contributed by atoms with Gasteiger partial charge in [0.2, 0.25) is 0 Å². The van der Waals surface area contributed by atoms with Gasteiger partial charge in [0.15, 0.2) is 0 Å². The van der Waals surface area contributed by atoms with E-state index in [-0.39, 0.29) is 0 Å². The summed E-state index contributed by atoms with van der Waals surface area (Å²) in [4.78, 5) is 4.39. The predicted molar refractivity (Wildman–Crippen MR) is 69.0 cm³/mol. The first-order valence-electron chi connectivity index (χ1n) is 6.08. The summed E-state index contributed by atoms with van der Waals surface area (Å²) >= 11 is 0. The minimum absolute atomic E-state index is 0.299. The Kier molecular flexibility index (Phi) is 2.65. The summed E-state index contributed by atoms with van der Waals surface area (Å²) in [5.74, 6) is 0. The molecule has 2 aromatic rings. The molecule has 1 N–H and O–H groups in total. The van der Waals surface area contributed by atoms with Gasteiger partial charge in [0.1, 0.15) is 0 Å². The van der Waals surface area contributed by atoms with Crippen molar-refractivity contribution in [3.63, 3.8) is 0 Å². The molecule has 0 radical (unpaired) electrons. The number of hydrogen-bond donors (Lipinski definition) is 1. The fourth-order valence-electron chi connectivity index (χ4n) is 2.45. The molecular weight excluding hydrogens is 208 g/mol. The number of rotatable bonds is 1. The van der Waals surface area contributed by atoms with E-state index in [1.807, 2.05) is 13.1 Å². The van der Waals surface area contributed by atoms with Crippen molar-refractivity contribution < 1.29 is 0 Å². The molecule has 1 aliphatic rings. The number of fused-ring (bicyclic) bond motifs is 1. The Morgan fingerprint density at radius 2 is 2.06 bits per heavy atom. The van der Waals surface area contributed by atoms with Crippen LogP contribution >= 0.6 is 0 Å². The van der Waals surface area contributed by atoms with Crippen LogP contribution < -0.4 is 5.32 Å². The molecule has 17 heavy (non-hydrogen) atoms. The second-order valence-electron chi connectivity index (χ2n) is 4.57. The monoisotopic (exact) mass is 224 g/mol. The molecule has 0 amide bonds. The Morgan fingerprint density at radius 3 is 2.88 bits per heavy atom. The van der Waals surface area contributed by atoms with Gasteiger partial charge in [0.25, 0.3) is 0 Å². The number of benzene rings is 1. The summed E-state index contributed by atoms with van der Waals surface area (Å²) in [6.45, 7) is 3.06. The molecule has 0 saturated carbocycles. The molecule has 0 fully saturated rings. The van der Waals surface area contributed by atoms with Crippen LogP contribution in [0.5, 0.6) is 0 Å². The van der Waals surface area contributed by atoms with Crippen molar-refractivity contribution in [2.24, 2.45) is 0 Å². The van der Waals surface area contributed by atoms with Crippen molar-refractivity contribution >= 4 is 0 Å². The van der Waals surface area contributed by atoms with Gasteiger partial charge in [-0.25, -0.2) is 0 Å². The van der Waals surface area contributed by atoms with E-state index in [0.29, 0.717) is 6.04 Å². The van der Waals surface area contributed by atoms with Crippen LogP contribution in [-0.2, 0) is 6.42 Å². The van der Waals surface area contributed by atoms with Crippen molar-refractivity contribution in [3.05, 3.63) is 65.0 Å². The number of aryl methyl sites for hydroxylation is 1. The molecule has 3 rings (SSSR count). The third kappa shape index (κ3) is 1.96. The van der Waals surface area contributed by atoms with Crippen LogP contribution in [0.2, 0.25) is 0 Å². The van der Waals surface area contributed by atoms with Gasteiger partial charge in [-0.3, -0.25) is 4.98 Å². The van der Waals surface area contributed by atoms with E-state index in [9.17, 15) is 0 Å². The summed E-state index contributed by atoms with van der Waals surface area (Å²) in [5, 5.41) is 3.57. The van der Waals surface area contributed by atoms with Gasteiger partial charge in [0.05, 0.1) is 6.04 Å². The quantitative estimate of drug-likeness (QED) is 0.805. The van der Waals surface area contributed by atoms with Gasteiger partial charge >= 0.3 is 0 Å². The molecule has 0 spiro atoms. The van der Waals surface area contributed by atoms with Crippen LogP contribution in [0.1, 0.15) is 28.4 Å². The van der Waals surface area contributed by atoms with E-state index >= 15 is 0 Å². The molecule has 0 saturated heterocycles. The van der Waals surface area contributed by atoms with E-state index in [4.69, 9.17) is 0 Å². The zero-order valence-electron chi connectivity index (χ0n) is 9.98. The summed E-state index contributed by atoms with van der Waals surface area (Å²) in [5.41, 5.74) is 5.17. The molecule has 2 nitrogen and oxygen atoms in total. The van der Waals surface area contributed by atoms with E-state index < -0.39 is 0 Å². The maximum atomic E-state index is 4.39. The number of aromatic nitrogens is 1. The molecule has 2 heterocycles. The van der Waals surface area contributed by atoms with Crippen molar-refractivity contribution in [3.8, 4) is 0 Å². The summed E-state index contributed by atoms with van der Waals surface area (Å²) in [6.07, 6.45) is 3.10. The average Bonchev–Trinajstić information content (AvgIpc) is 2.39. The third-order valence-corrected chi connectivity index (χ3v) is 3.38. The second kappa shape index (κ2) is 4.30. The first-order valence-corrected chi connectivity index (χ1v) is 6.08. The van der Waals surface area contributed by atoms with Gasteiger partial charge in [-0.1, -0.05) is 30.3 Å². The number of hydrogen-bond acceptors (Lipinski definition) is 2. The van der Waals surface area contributed by atoms with E-state index in [2.05, 4.69) is 46.7 Å². The Morgan fingerprint density at radius 1 is 1.18 bits per heavy atom. The molecule has 0 aliphatic carbocycles. The van der Waals surface area contributed by atoms with Gasteiger partial charge in [-0.2, -0.15) is 0 Å². The number of pyridine rings is 1. The zero-order chi connectivity index (χ0) is 11.7. The van der Waals surface area contributed by atoms with Gasteiger partial charge in [0, 0.05) is 18.4 Å². The summed E-state index contributed by atoms with van der Waals surface area (Å²) < 4.78 is 0. The van der Waals surface area contributed by atoms with Gasteiger partial charge < -0.3 is 5.32 Å². The van der Waals surface area contributed by atoms with E-state index in [1.165, 1.54) is 16.7 Å². The highest BCUT2D eigenvalue weighted by atomic mass is 14.9. The van der Waals surface area contributed by atoms with Crippen LogP contribution in [-0.4, -0.2) is 11.5 Å². The molecule has 1 unspecified atom stereocenters. The van der Waals surface area contributed by atoms with Gasteiger partial charge in [-0.15, -0.1) is 0 Å². The van der Waals surface area contributed by atoms with Crippen molar-refractivity contribution in [2.75, 3.05) is 6.54 Å². The fourth-order valence-corrected chi connectivity index (χ4v) is 2.45. The second-order valence-corrected chi connectivity index (χ2v) is 4.57. The molecule has 86 valence electrons. The third-order valence-electron chi connectivity index (χ3n) is 3.38. The standard InChI is InChI=1S/C15H16N2/c1-11-6-7-13(10-17-11)15-14-5-3-2-4-12(14)8-9-16-15/h2-7,10,15-16H,8-9H2,1H3. The van der Waals surface area contributed by atoms with Crippen LogP contribution in [0.4, 0.5) is 0 Å². The number of nitrogens with zero attached hydrogens (tertiary/aromatic N) is 1. The molecule has 1 atom stereocenters. The lowest BCUT2D eigenvalue weighted by Gasteiger charge is -2.27. The summed E-state index contributed by atoms with van der Waals surface area (Å²) in [6, 6.07) is 13.2. The first kappa shape index (κ1) is 10.5. The predicted octanol–water partition coefficient (Wildman–Crippen LogP) is 2.63. The van der Waals surface area contributed by atoms with Crippen molar-refractivity contribution in [1.29, 1.82) is 0 Å². The Bertz CT molecular complexity index is 517. The Labute approximate surface area is 102 Å². The van der Waals surface area contributed by atoms with E-state index in [0.717, 1.165) is 18.7 Å². The average molecular weight is 224 g/mol. The normalized spacial score (nSPS) is 18.8. The number of nitrogens with one attached hydrogen (secondary N) is 1. The Balaban J connectivity index is 2.03. The lowest BCUT2D eigenvalue weighted by atomic mass is 9.90. The minimum atomic E-state index is 0.299. The molecule has 0 bridgehead atoms. The largest absolute Gasteiger partial charge is 0.306 e. The van der Waals surface area contributed by atoms with Crippen molar-refractivity contribution in [2.45, 2.75) is 19.4 Å². The Hall–Kier alpha value is -1.67. The van der Waals surface area contributed by atoms with Crippen molar-refractivity contribution in [1.82, 2.24) is 10.3 Å². The SMILES string of the molecule is Cc1ccc(C2NCCc3ccccc32)cn1. The first-order chi connectivity index (χ1) is 8.34. The molecular formula is C15H16N2.